The van der Waals surface area contributed by atoms with Gasteiger partial charge in [-0.1, -0.05) is 18.2 Å². The second-order valence-electron chi connectivity index (χ2n) is 2.15. The molecule has 2 aliphatic rings. The molecule has 44 valence electrons. The van der Waals surface area contributed by atoms with E-state index in [0.29, 0.717) is 0 Å². The lowest BCUT2D eigenvalue weighted by Crippen LogP contribution is -1.97. The molecule has 0 atom stereocenters. The van der Waals surface area contributed by atoms with Crippen LogP contribution in [-0.4, -0.2) is 5.71 Å². The molecule has 9 heavy (non-hydrogen) atoms. The molecule has 1 heterocycles. The molecule has 1 heteroatoms. The molecule has 0 saturated carbocycles. The Morgan fingerprint density at radius 1 is 1.44 bits per heavy atom. The summed E-state index contributed by atoms with van der Waals surface area (Å²) in [7, 11) is 0. The zero-order valence-electron chi connectivity index (χ0n) is 5.04. The third-order valence-electron chi connectivity index (χ3n) is 1.54. The molecule has 0 aromatic carbocycles. The van der Waals surface area contributed by atoms with Crippen molar-refractivity contribution in [3.8, 4) is 0 Å². The van der Waals surface area contributed by atoms with Crippen LogP contribution in [-0.2, 0) is 0 Å². The molecule has 0 amide bonds. The predicted octanol–water partition coefficient (Wildman–Crippen LogP) is 1.84. The zero-order valence-corrected chi connectivity index (χ0v) is 5.04. The minimum Gasteiger partial charge on any atom is -0.260 e. The minimum absolute atomic E-state index is 0.999. The summed E-state index contributed by atoms with van der Waals surface area (Å²) in [5, 5.41) is 0. The fourth-order valence-electron chi connectivity index (χ4n) is 1.05. The summed E-state index contributed by atoms with van der Waals surface area (Å²) in [5.41, 5.74) is 2.48. The summed E-state index contributed by atoms with van der Waals surface area (Å²) < 4.78 is 0. The van der Waals surface area contributed by atoms with E-state index in [1.165, 1.54) is 11.3 Å². The molecule has 0 unspecified atom stereocenters. The zero-order chi connectivity index (χ0) is 6.10. The van der Waals surface area contributed by atoms with Crippen molar-refractivity contribution < 1.29 is 0 Å². The molecule has 0 bridgehead atoms. The second-order valence-corrected chi connectivity index (χ2v) is 2.15. The summed E-state index contributed by atoms with van der Waals surface area (Å²) in [5.74, 6) is 0. The van der Waals surface area contributed by atoms with Gasteiger partial charge in [-0.15, -0.1) is 0 Å². The van der Waals surface area contributed by atoms with Crippen LogP contribution in [0.2, 0.25) is 0 Å². The summed E-state index contributed by atoms with van der Waals surface area (Å²) >= 11 is 0. The first-order valence-corrected chi connectivity index (χ1v) is 3.07. The molecular formula is C8H7N. The van der Waals surface area contributed by atoms with E-state index >= 15 is 0 Å². The Balaban J connectivity index is 2.46. The number of allylic oxidation sites excluding steroid dienone is 5. The van der Waals surface area contributed by atoms with Crippen molar-refractivity contribution in [2.45, 2.75) is 6.42 Å². The van der Waals surface area contributed by atoms with Crippen LogP contribution in [0.3, 0.4) is 0 Å². The first-order valence-electron chi connectivity index (χ1n) is 3.07. The second kappa shape index (κ2) is 1.69. The van der Waals surface area contributed by atoms with Crippen molar-refractivity contribution in [3.05, 3.63) is 36.1 Å². The fraction of sp³-hybridized carbons (Fsp3) is 0.125. The lowest BCUT2D eigenvalue weighted by atomic mass is 10.0. The summed E-state index contributed by atoms with van der Waals surface area (Å²) in [6.07, 6.45) is 11.2. The highest BCUT2D eigenvalue weighted by Crippen LogP contribution is 2.15. The van der Waals surface area contributed by atoms with E-state index in [4.69, 9.17) is 0 Å². The van der Waals surface area contributed by atoms with E-state index in [-0.39, 0.29) is 0 Å². The average molecular weight is 117 g/mol. The molecule has 2 rings (SSSR count). The first kappa shape index (κ1) is 4.74. The third kappa shape index (κ3) is 0.653. The van der Waals surface area contributed by atoms with Crippen LogP contribution in [0, 0.1) is 0 Å². The van der Waals surface area contributed by atoms with Crippen molar-refractivity contribution in [2.75, 3.05) is 0 Å². The van der Waals surface area contributed by atoms with Gasteiger partial charge in [-0.25, -0.2) is 0 Å². The molecule has 0 fully saturated rings. The van der Waals surface area contributed by atoms with Crippen molar-refractivity contribution >= 4 is 5.71 Å². The first-order chi connectivity index (χ1) is 4.47. The molecule has 0 radical (unpaired) electrons. The van der Waals surface area contributed by atoms with Crippen LogP contribution in [0.15, 0.2) is 41.1 Å². The number of fused-ring (bicyclic) bond motifs is 1. The molecular weight excluding hydrogens is 110 g/mol. The lowest BCUT2D eigenvalue weighted by molar-refractivity contribution is 1.41. The van der Waals surface area contributed by atoms with Gasteiger partial charge in [0.05, 0.1) is 5.71 Å². The Bertz CT molecular complexity index is 241. The van der Waals surface area contributed by atoms with E-state index in [1.807, 2.05) is 12.3 Å². The number of nitrogens with zero attached hydrogens (tertiary/aromatic N) is 1. The fourth-order valence-corrected chi connectivity index (χ4v) is 1.05. The molecule has 0 N–H and O–H groups in total. The van der Waals surface area contributed by atoms with Gasteiger partial charge in [-0.3, -0.25) is 4.99 Å². The smallest absolute Gasteiger partial charge is 0.0514 e. The van der Waals surface area contributed by atoms with Gasteiger partial charge in [0.15, 0.2) is 0 Å². The van der Waals surface area contributed by atoms with Gasteiger partial charge in [-0.2, -0.15) is 0 Å². The number of hydrogen-bond acceptors (Lipinski definition) is 1. The molecule has 1 aliphatic heterocycles. The van der Waals surface area contributed by atoms with Crippen molar-refractivity contribution in [2.24, 2.45) is 4.99 Å². The van der Waals surface area contributed by atoms with E-state index in [0.717, 1.165) is 6.42 Å². The van der Waals surface area contributed by atoms with Crippen molar-refractivity contribution in [1.82, 2.24) is 0 Å². The van der Waals surface area contributed by atoms with E-state index in [1.54, 1.807) is 0 Å². The van der Waals surface area contributed by atoms with Gasteiger partial charge in [0.1, 0.15) is 0 Å². The van der Waals surface area contributed by atoms with Crippen molar-refractivity contribution in [3.63, 3.8) is 0 Å². The van der Waals surface area contributed by atoms with Gasteiger partial charge in [0, 0.05) is 12.6 Å². The monoisotopic (exact) mass is 117 g/mol. The standard InChI is InChI=1S/C8H7N/c1-2-4-8-7(3-1)5-6-9-8/h1-3,5-6H,4H2. The Morgan fingerprint density at radius 2 is 2.44 bits per heavy atom. The maximum Gasteiger partial charge on any atom is 0.0514 e. The quantitative estimate of drug-likeness (QED) is 0.459. The predicted molar refractivity (Wildman–Crippen MR) is 38.4 cm³/mol. The van der Waals surface area contributed by atoms with E-state index < -0.39 is 0 Å². The Kier molecular flexibility index (Phi) is 0.890. The lowest BCUT2D eigenvalue weighted by Gasteiger charge is -2.01. The molecule has 0 saturated heterocycles. The molecule has 0 aromatic heterocycles. The normalized spacial score (nSPS) is 21.3. The SMILES string of the molecule is C1=CCC2=NC=CC2=C1. The summed E-state index contributed by atoms with van der Waals surface area (Å²) in [4.78, 5) is 4.17. The molecule has 0 spiro atoms. The van der Waals surface area contributed by atoms with Gasteiger partial charge in [-0.05, 0) is 11.6 Å². The minimum atomic E-state index is 0.999. The van der Waals surface area contributed by atoms with Gasteiger partial charge < -0.3 is 0 Å². The Hall–Kier alpha value is -1.11. The Morgan fingerprint density at radius 3 is 3.33 bits per heavy atom. The van der Waals surface area contributed by atoms with Crippen LogP contribution in [0.1, 0.15) is 6.42 Å². The van der Waals surface area contributed by atoms with Crippen LogP contribution >= 0.6 is 0 Å². The molecule has 0 aromatic rings. The topological polar surface area (TPSA) is 12.4 Å². The van der Waals surface area contributed by atoms with Crippen LogP contribution in [0.5, 0.6) is 0 Å². The van der Waals surface area contributed by atoms with Crippen LogP contribution in [0.4, 0.5) is 0 Å². The van der Waals surface area contributed by atoms with E-state index in [9.17, 15) is 0 Å². The maximum atomic E-state index is 4.17. The van der Waals surface area contributed by atoms with Gasteiger partial charge >= 0.3 is 0 Å². The van der Waals surface area contributed by atoms with Crippen LogP contribution in [0.25, 0.3) is 0 Å². The van der Waals surface area contributed by atoms with E-state index in [2.05, 4.69) is 23.2 Å². The molecule has 1 aliphatic carbocycles. The number of aliphatic imine (C=N–C) groups is 1. The summed E-state index contributed by atoms with van der Waals surface area (Å²) in [6, 6.07) is 0. The van der Waals surface area contributed by atoms with Gasteiger partial charge in [0.25, 0.3) is 0 Å². The third-order valence-corrected chi connectivity index (χ3v) is 1.54. The highest BCUT2D eigenvalue weighted by Gasteiger charge is 2.07. The number of hydrogen-bond donors (Lipinski definition) is 0. The largest absolute Gasteiger partial charge is 0.260 e. The maximum absolute atomic E-state index is 4.17. The average Bonchev–Trinajstić information content (AvgIpc) is 2.33. The van der Waals surface area contributed by atoms with Crippen molar-refractivity contribution in [1.29, 1.82) is 0 Å². The summed E-state index contributed by atoms with van der Waals surface area (Å²) in [6.45, 7) is 0. The van der Waals surface area contributed by atoms with Gasteiger partial charge in [0.2, 0.25) is 0 Å². The molecule has 1 nitrogen and oxygen atoms in total. The van der Waals surface area contributed by atoms with Crippen LogP contribution < -0.4 is 0 Å². The highest BCUT2D eigenvalue weighted by molar-refractivity contribution is 6.06. The Labute approximate surface area is 54.1 Å². The highest BCUT2D eigenvalue weighted by atomic mass is 14.7. The number of rotatable bonds is 0.